The summed E-state index contributed by atoms with van der Waals surface area (Å²) < 4.78 is 5.68. The molecule has 0 heterocycles. The number of nitrogens with one attached hydrogen (secondary N) is 1. The molecule has 5 heteroatoms. The number of carbonyl (C=O) groups is 1. The van der Waals surface area contributed by atoms with E-state index >= 15 is 0 Å². The van der Waals surface area contributed by atoms with Gasteiger partial charge in [-0.1, -0.05) is 50.6 Å². The van der Waals surface area contributed by atoms with E-state index in [1.54, 1.807) is 0 Å². The zero-order valence-corrected chi connectivity index (χ0v) is 16.2. The minimum absolute atomic E-state index is 0. The molecule has 0 aromatic heterocycles. The van der Waals surface area contributed by atoms with E-state index in [-0.39, 0.29) is 35.8 Å². The fraction of sp³-hybridized carbons (Fsp3) is 0.632. The number of aryl methyl sites for hydroxylation is 1. The molecule has 136 valence electrons. The summed E-state index contributed by atoms with van der Waals surface area (Å²) in [6.45, 7) is 11.4. The Morgan fingerprint density at radius 2 is 1.96 bits per heavy atom. The summed E-state index contributed by atoms with van der Waals surface area (Å²) in [5.41, 5.74) is 7.67. The summed E-state index contributed by atoms with van der Waals surface area (Å²) in [5.74, 6) is 0.187. The average molecular weight is 355 g/mol. The lowest BCUT2D eigenvalue weighted by atomic mass is 9.54. The quantitative estimate of drug-likeness (QED) is 0.824. The van der Waals surface area contributed by atoms with Crippen molar-refractivity contribution in [3.05, 3.63) is 35.4 Å². The molecule has 0 radical (unpaired) electrons. The smallest absolute Gasteiger partial charge is 0.240 e. The summed E-state index contributed by atoms with van der Waals surface area (Å²) in [7, 11) is 0. The summed E-state index contributed by atoms with van der Waals surface area (Å²) in [5, 5.41) is 3.04. The fourth-order valence-electron chi connectivity index (χ4n) is 3.24. The zero-order valence-electron chi connectivity index (χ0n) is 15.4. The van der Waals surface area contributed by atoms with Crippen molar-refractivity contribution in [3.63, 3.8) is 0 Å². The molecule has 4 nitrogen and oxygen atoms in total. The number of benzene rings is 1. The molecule has 24 heavy (non-hydrogen) atoms. The molecule has 3 unspecified atom stereocenters. The minimum atomic E-state index is -0.847. The highest BCUT2D eigenvalue weighted by Gasteiger charge is 2.62. The molecule has 0 aliphatic heterocycles. The van der Waals surface area contributed by atoms with Gasteiger partial charge in [-0.15, -0.1) is 12.4 Å². The van der Waals surface area contributed by atoms with Gasteiger partial charge in [-0.05, 0) is 25.3 Å². The van der Waals surface area contributed by atoms with Gasteiger partial charge in [-0.25, -0.2) is 0 Å². The Balaban J connectivity index is 0.00000288. The zero-order chi connectivity index (χ0) is 17.3. The van der Waals surface area contributed by atoms with Crippen LogP contribution in [-0.2, 0) is 9.53 Å². The van der Waals surface area contributed by atoms with Gasteiger partial charge in [-0.3, -0.25) is 4.79 Å². The van der Waals surface area contributed by atoms with Gasteiger partial charge in [0.05, 0.1) is 6.10 Å². The molecule has 1 aromatic rings. The Labute approximate surface area is 151 Å². The molecule has 3 atom stereocenters. The molecule has 1 saturated carbocycles. The van der Waals surface area contributed by atoms with Crippen LogP contribution in [-0.4, -0.2) is 30.7 Å². The van der Waals surface area contributed by atoms with Crippen LogP contribution in [0.4, 0.5) is 0 Å². The average Bonchev–Trinajstić information content (AvgIpc) is 2.52. The van der Waals surface area contributed by atoms with Gasteiger partial charge >= 0.3 is 0 Å². The van der Waals surface area contributed by atoms with Crippen LogP contribution in [0.2, 0.25) is 0 Å². The van der Waals surface area contributed by atoms with E-state index in [0.29, 0.717) is 19.6 Å². The van der Waals surface area contributed by atoms with Gasteiger partial charge in [0.15, 0.2) is 0 Å². The van der Waals surface area contributed by atoms with Crippen LogP contribution in [0.25, 0.3) is 0 Å². The molecular formula is C19H31ClN2O2. The highest BCUT2D eigenvalue weighted by atomic mass is 35.5. The number of nitrogens with two attached hydrogens (primary N) is 1. The van der Waals surface area contributed by atoms with Crippen LogP contribution >= 0.6 is 12.4 Å². The third-order valence-electron chi connectivity index (χ3n) is 5.45. The molecule has 0 saturated heterocycles. The van der Waals surface area contributed by atoms with Crippen LogP contribution in [0.1, 0.15) is 51.2 Å². The molecule has 1 aliphatic rings. The van der Waals surface area contributed by atoms with E-state index < -0.39 is 5.54 Å². The van der Waals surface area contributed by atoms with Crippen molar-refractivity contribution >= 4 is 18.3 Å². The highest BCUT2D eigenvalue weighted by Crippen LogP contribution is 2.49. The third-order valence-corrected chi connectivity index (χ3v) is 5.45. The first-order chi connectivity index (χ1) is 10.7. The second kappa shape index (κ2) is 7.85. The van der Waals surface area contributed by atoms with Crippen LogP contribution in [0.3, 0.4) is 0 Å². The Hall–Kier alpha value is -1.10. The lowest BCUT2D eigenvalue weighted by Gasteiger charge is -2.57. The van der Waals surface area contributed by atoms with Crippen LogP contribution in [0, 0.1) is 12.3 Å². The number of ether oxygens (including phenoxy) is 1. The molecule has 1 aliphatic carbocycles. The first-order valence-corrected chi connectivity index (χ1v) is 8.47. The van der Waals surface area contributed by atoms with Gasteiger partial charge in [0.1, 0.15) is 5.54 Å². The van der Waals surface area contributed by atoms with Crippen molar-refractivity contribution in [1.29, 1.82) is 0 Å². The standard InChI is InChI=1S/C19H30N2O2.ClH/c1-6-23-16-11-19(20,18(16,4)5)17(22)21-12-14(3)15-9-7-13(2)8-10-15;/h7-10,14,16H,6,11-12,20H2,1-5H3,(H,21,22);1H. The van der Waals surface area contributed by atoms with Crippen molar-refractivity contribution in [1.82, 2.24) is 5.32 Å². The lowest BCUT2D eigenvalue weighted by Crippen LogP contribution is -2.75. The molecule has 1 fully saturated rings. The number of carbonyl (C=O) groups excluding carboxylic acids is 1. The van der Waals surface area contributed by atoms with E-state index in [0.717, 1.165) is 0 Å². The number of amides is 1. The summed E-state index contributed by atoms with van der Waals surface area (Å²) in [4.78, 5) is 12.6. The SMILES string of the molecule is CCOC1CC(N)(C(=O)NCC(C)c2ccc(C)cc2)C1(C)C.Cl. The number of halogens is 1. The maximum Gasteiger partial charge on any atom is 0.240 e. The van der Waals surface area contributed by atoms with Crippen molar-refractivity contribution in [2.75, 3.05) is 13.2 Å². The molecule has 1 amide bonds. The van der Waals surface area contributed by atoms with Gasteiger partial charge in [0.25, 0.3) is 0 Å². The van der Waals surface area contributed by atoms with Crippen LogP contribution in [0.15, 0.2) is 24.3 Å². The van der Waals surface area contributed by atoms with Crippen molar-refractivity contribution in [2.45, 2.75) is 58.6 Å². The van der Waals surface area contributed by atoms with Crippen molar-refractivity contribution in [2.24, 2.45) is 11.1 Å². The summed E-state index contributed by atoms with van der Waals surface area (Å²) in [6.07, 6.45) is 0.635. The van der Waals surface area contributed by atoms with Crippen molar-refractivity contribution in [3.8, 4) is 0 Å². The first-order valence-electron chi connectivity index (χ1n) is 8.47. The second-order valence-corrected chi connectivity index (χ2v) is 7.36. The van der Waals surface area contributed by atoms with Gasteiger partial charge in [0, 0.05) is 25.0 Å². The Morgan fingerprint density at radius 3 is 2.46 bits per heavy atom. The predicted octanol–water partition coefficient (Wildman–Crippen LogP) is 3.17. The molecule has 0 spiro atoms. The number of hydrogen-bond donors (Lipinski definition) is 2. The van der Waals surface area contributed by atoms with Crippen LogP contribution < -0.4 is 11.1 Å². The summed E-state index contributed by atoms with van der Waals surface area (Å²) >= 11 is 0. The largest absolute Gasteiger partial charge is 0.378 e. The second-order valence-electron chi connectivity index (χ2n) is 7.36. The first kappa shape index (κ1) is 20.9. The summed E-state index contributed by atoms with van der Waals surface area (Å²) in [6, 6.07) is 8.42. The van der Waals surface area contributed by atoms with Crippen molar-refractivity contribution < 1.29 is 9.53 Å². The number of rotatable bonds is 6. The van der Waals surface area contributed by atoms with E-state index in [1.807, 2.05) is 20.8 Å². The lowest BCUT2D eigenvalue weighted by molar-refractivity contribution is -0.170. The fourth-order valence-corrected chi connectivity index (χ4v) is 3.24. The van der Waals surface area contributed by atoms with E-state index in [9.17, 15) is 4.79 Å². The van der Waals surface area contributed by atoms with Gasteiger partial charge in [-0.2, -0.15) is 0 Å². The Bertz CT molecular complexity index is 559. The van der Waals surface area contributed by atoms with Gasteiger partial charge < -0.3 is 15.8 Å². The van der Waals surface area contributed by atoms with Crippen LogP contribution in [0.5, 0.6) is 0 Å². The molecule has 1 aromatic carbocycles. The highest BCUT2D eigenvalue weighted by molar-refractivity contribution is 5.88. The number of hydrogen-bond acceptors (Lipinski definition) is 3. The molecule has 0 bridgehead atoms. The molecule has 2 rings (SSSR count). The predicted molar refractivity (Wildman–Crippen MR) is 101 cm³/mol. The topological polar surface area (TPSA) is 64.3 Å². The molecular weight excluding hydrogens is 324 g/mol. The minimum Gasteiger partial charge on any atom is -0.378 e. The monoisotopic (exact) mass is 354 g/mol. The van der Waals surface area contributed by atoms with E-state index in [2.05, 4.69) is 43.4 Å². The Kier molecular flexibility index (Phi) is 6.85. The molecule has 3 N–H and O–H groups in total. The maximum absolute atomic E-state index is 12.6. The van der Waals surface area contributed by atoms with E-state index in [1.165, 1.54) is 11.1 Å². The third kappa shape index (κ3) is 3.76. The Morgan fingerprint density at radius 1 is 1.38 bits per heavy atom. The van der Waals surface area contributed by atoms with E-state index in [4.69, 9.17) is 10.5 Å². The van der Waals surface area contributed by atoms with Gasteiger partial charge in [0.2, 0.25) is 5.91 Å². The maximum atomic E-state index is 12.6. The normalized spacial score (nSPS) is 26.0.